The van der Waals surface area contributed by atoms with Crippen LogP contribution in [0.15, 0.2) is 48.1 Å². The van der Waals surface area contributed by atoms with Gasteiger partial charge in [0, 0.05) is 6.04 Å². The Balaban J connectivity index is 4.64. The predicted octanol–water partition coefficient (Wildman–Crippen LogP) is 3.99. The lowest BCUT2D eigenvalue weighted by atomic mass is 9.88. The minimum atomic E-state index is 0.0633. The van der Waals surface area contributed by atoms with Gasteiger partial charge in [0.2, 0.25) is 0 Å². The number of allylic oxidation sites excluding steroid dienone is 5. The summed E-state index contributed by atoms with van der Waals surface area (Å²) in [5, 5.41) is 0. The first-order chi connectivity index (χ1) is 7.40. The van der Waals surface area contributed by atoms with E-state index in [2.05, 4.69) is 26.2 Å². The van der Waals surface area contributed by atoms with Gasteiger partial charge < -0.3 is 5.73 Å². The maximum atomic E-state index is 6.06. The number of nitrogens with two attached hydrogens (primary N) is 1. The topological polar surface area (TPSA) is 26.0 Å². The Morgan fingerprint density at radius 3 is 2.25 bits per heavy atom. The molecule has 2 N–H and O–H groups in total. The molecule has 0 aliphatic rings. The second-order valence-electron chi connectivity index (χ2n) is 4.55. The molecular weight excluding hydrogens is 194 g/mol. The zero-order chi connectivity index (χ0) is 12.7. The lowest BCUT2D eigenvalue weighted by Gasteiger charge is -2.21. The summed E-state index contributed by atoms with van der Waals surface area (Å²) in [7, 11) is 0. The number of hydrogen-bond donors (Lipinski definition) is 1. The van der Waals surface area contributed by atoms with Crippen molar-refractivity contribution in [3.05, 3.63) is 48.1 Å². The molecular formula is C15H25N. The van der Waals surface area contributed by atoms with Gasteiger partial charge in [-0.3, -0.25) is 0 Å². The highest BCUT2D eigenvalue weighted by Crippen LogP contribution is 2.22. The molecule has 0 rings (SSSR count). The summed E-state index contributed by atoms with van der Waals surface area (Å²) in [4.78, 5) is 0. The summed E-state index contributed by atoms with van der Waals surface area (Å²) in [5.74, 6) is 0.394. The minimum absolute atomic E-state index is 0.0633. The van der Waals surface area contributed by atoms with Crippen LogP contribution in [0.5, 0.6) is 0 Å². The van der Waals surface area contributed by atoms with Gasteiger partial charge in [0.05, 0.1) is 0 Å². The fraction of sp³-hybridized carbons (Fsp3) is 0.467. The van der Waals surface area contributed by atoms with E-state index in [1.165, 1.54) is 5.57 Å². The van der Waals surface area contributed by atoms with Crippen molar-refractivity contribution in [2.45, 2.75) is 40.2 Å². The molecule has 0 aromatic heterocycles. The first-order valence-electron chi connectivity index (χ1n) is 5.78. The van der Waals surface area contributed by atoms with Crippen molar-refractivity contribution in [3.63, 3.8) is 0 Å². The maximum Gasteiger partial charge on any atom is 0.0277 e. The van der Waals surface area contributed by atoms with Crippen LogP contribution in [0.2, 0.25) is 0 Å². The Kier molecular flexibility index (Phi) is 6.75. The molecule has 0 aliphatic heterocycles. The van der Waals surface area contributed by atoms with Gasteiger partial charge in [-0.25, -0.2) is 0 Å². The lowest BCUT2D eigenvalue weighted by Crippen LogP contribution is -2.29. The van der Waals surface area contributed by atoms with E-state index in [1.807, 2.05) is 32.9 Å². The van der Waals surface area contributed by atoms with Gasteiger partial charge >= 0.3 is 0 Å². The minimum Gasteiger partial charge on any atom is -0.324 e. The van der Waals surface area contributed by atoms with Crippen molar-refractivity contribution in [3.8, 4) is 0 Å². The summed E-state index contributed by atoms with van der Waals surface area (Å²) < 4.78 is 0. The summed E-state index contributed by atoms with van der Waals surface area (Å²) in [6, 6.07) is 0.0633. The average molecular weight is 219 g/mol. The van der Waals surface area contributed by atoms with Gasteiger partial charge in [0.15, 0.2) is 0 Å². The highest BCUT2D eigenvalue weighted by molar-refractivity contribution is 5.30. The van der Waals surface area contributed by atoms with Crippen LogP contribution < -0.4 is 5.73 Å². The molecule has 0 aliphatic carbocycles. The molecule has 0 amide bonds. The molecule has 1 heteroatoms. The summed E-state index contributed by atoms with van der Waals surface area (Å²) in [6.45, 7) is 16.1. The van der Waals surface area contributed by atoms with Crippen LogP contribution >= 0.6 is 0 Å². The molecule has 0 heterocycles. The van der Waals surface area contributed by atoms with Gasteiger partial charge in [-0.05, 0) is 38.7 Å². The van der Waals surface area contributed by atoms with Crippen LogP contribution in [-0.4, -0.2) is 6.04 Å². The van der Waals surface area contributed by atoms with E-state index in [0.29, 0.717) is 5.92 Å². The molecule has 1 nitrogen and oxygen atoms in total. The molecule has 90 valence electrons. The standard InChI is InChI=1S/C15H25N/c1-7-8-9-14(11(2)3)10-13(6)15(16)12(4)5/h7-9,13,15H,2,4,10,16H2,1,3,5-6H3/b8-7-,14-9-. The van der Waals surface area contributed by atoms with Gasteiger partial charge in [0.25, 0.3) is 0 Å². The van der Waals surface area contributed by atoms with Gasteiger partial charge in [-0.1, -0.05) is 49.5 Å². The summed E-state index contributed by atoms with van der Waals surface area (Å²) in [5.41, 5.74) is 9.48. The van der Waals surface area contributed by atoms with E-state index in [1.54, 1.807) is 0 Å². The third kappa shape index (κ3) is 5.13. The van der Waals surface area contributed by atoms with E-state index in [4.69, 9.17) is 5.73 Å². The van der Waals surface area contributed by atoms with Gasteiger partial charge in [-0.2, -0.15) is 0 Å². The largest absolute Gasteiger partial charge is 0.324 e. The quantitative estimate of drug-likeness (QED) is 0.530. The van der Waals surface area contributed by atoms with Crippen molar-refractivity contribution in [2.24, 2.45) is 11.7 Å². The van der Waals surface area contributed by atoms with Crippen LogP contribution in [0.4, 0.5) is 0 Å². The Bertz CT molecular complexity index is 307. The highest BCUT2D eigenvalue weighted by atomic mass is 14.6. The third-order valence-electron chi connectivity index (χ3n) is 2.76. The first kappa shape index (κ1) is 14.9. The van der Waals surface area contributed by atoms with Crippen molar-refractivity contribution in [1.82, 2.24) is 0 Å². The molecule has 0 spiro atoms. The van der Waals surface area contributed by atoms with E-state index >= 15 is 0 Å². The average Bonchev–Trinajstić information content (AvgIpc) is 2.21. The zero-order valence-corrected chi connectivity index (χ0v) is 11.1. The molecule has 0 aromatic rings. The van der Waals surface area contributed by atoms with Crippen molar-refractivity contribution in [1.29, 1.82) is 0 Å². The normalized spacial score (nSPS) is 16.2. The molecule has 16 heavy (non-hydrogen) atoms. The molecule has 0 radical (unpaired) electrons. The highest BCUT2D eigenvalue weighted by Gasteiger charge is 2.14. The van der Waals surface area contributed by atoms with Crippen LogP contribution in [0.25, 0.3) is 0 Å². The molecule has 2 atom stereocenters. The van der Waals surface area contributed by atoms with Gasteiger partial charge in [-0.15, -0.1) is 0 Å². The summed E-state index contributed by atoms with van der Waals surface area (Å²) >= 11 is 0. The molecule has 2 unspecified atom stereocenters. The number of hydrogen-bond acceptors (Lipinski definition) is 1. The molecule has 0 fully saturated rings. The molecule has 0 saturated heterocycles. The Morgan fingerprint density at radius 2 is 1.88 bits per heavy atom. The van der Waals surface area contributed by atoms with E-state index in [-0.39, 0.29) is 6.04 Å². The second-order valence-corrected chi connectivity index (χ2v) is 4.55. The van der Waals surface area contributed by atoms with Crippen LogP contribution in [0.1, 0.15) is 34.1 Å². The van der Waals surface area contributed by atoms with E-state index in [9.17, 15) is 0 Å². The Labute approximate surface area is 100 Å². The molecule has 0 bridgehead atoms. The fourth-order valence-electron chi connectivity index (χ4n) is 1.56. The lowest BCUT2D eigenvalue weighted by molar-refractivity contribution is 0.499. The third-order valence-corrected chi connectivity index (χ3v) is 2.76. The fourth-order valence-corrected chi connectivity index (χ4v) is 1.56. The molecule has 0 aromatic carbocycles. The van der Waals surface area contributed by atoms with Gasteiger partial charge in [0.1, 0.15) is 0 Å². The second kappa shape index (κ2) is 7.24. The van der Waals surface area contributed by atoms with E-state index < -0.39 is 0 Å². The van der Waals surface area contributed by atoms with Crippen molar-refractivity contribution >= 4 is 0 Å². The zero-order valence-electron chi connectivity index (χ0n) is 11.1. The van der Waals surface area contributed by atoms with Crippen LogP contribution in [0, 0.1) is 5.92 Å². The van der Waals surface area contributed by atoms with E-state index in [0.717, 1.165) is 17.6 Å². The first-order valence-corrected chi connectivity index (χ1v) is 5.78. The maximum absolute atomic E-state index is 6.06. The molecule has 0 saturated carbocycles. The SMILES string of the molecule is C=C(C)/C(=C\C=C/C)CC(C)C(N)C(=C)C. The Hall–Kier alpha value is -1.08. The summed E-state index contributed by atoms with van der Waals surface area (Å²) in [6.07, 6.45) is 7.13. The van der Waals surface area contributed by atoms with Crippen molar-refractivity contribution < 1.29 is 0 Å². The Morgan fingerprint density at radius 1 is 1.31 bits per heavy atom. The van der Waals surface area contributed by atoms with Crippen LogP contribution in [-0.2, 0) is 0 Å². The predicted molar refractivity (Wildman–Crippen MR) is 74.3 cm³/mol. The smallest absolute Gasteiger partial charge is 0.0277 e. The van der Waals surface area contributed by atoms with Crippen LogP contribution in [0.3, 0.4) is 0 Å². The number of rotatable bonds is 6. The van der Waals surface area contributed by atoms with Crippen molar-refractivity contribution in [2.75, 3.05) is 0 Å². The monoisotopic (exact) mass is 219 g/mol.